The number of aryl methyl sites for hydroxylation is 3. The van der Waals surface area contributed by atoms with Crippen molar-refractivity contribution in [3.05, 3.63) is 52.6 Å². The quantitative estimate of drug-likeness (QED) is 0.815. The summed E-state index contributed by atoms with van der Waals surface area (Å²) in [4.78, 5) is 0. The van der Waals surface area contributed by atoms with Gasteiger partial charge in [-0.15, -0.1) is 0 Å². The molecule has 0 radical (unpaired) electrons. The van der Waals surface area contributed by atoms with Gasteiger partial charge in [-0.05, 0) is 72.2 Å². The molecule has 1 aliphatic rings. The van der Waals surface area contributed by atoms with Crippen LogP contribution in [0.1, 0.15) is 34.8 Å². The molecule has 2 nitrogen and oxygen atoms in total. The Kier molecular flexibility index (Phi) is 2.83. The highest BCUT2D eigenvalue weighted by atomic mass is 16.3. The third kappa shape index (κ3) is 2.02. The molecule has 2 aromatic rings. The van der Waals surface area contributed by atoms with E-state index in [1.54, 1.807) is 0 Å². The van der Waals surface area contributed by atoms with Crippen LogP contribution in [-0.4, -0.2) is 10.2 Å². The standard InChI is InChI=1S/C17H18O2/c1-10-7-14(8-11(2)17(10)19)12-3-5-15-13(9-12)4-6-16(15)18/h3,5,7-9,16,18-19H,4,6H2,1-2H3. The highest BCUT2D eigenvalue weighted by molar-refractivity contribution is 5.68. The molecule has 1 unspecified atom stereocenters. The first-order valence-corrected chi connectivity index (χ1v) is 6.68. The fraction of sp³-hybridized carbons (Fsp3) is 0.294. The lowest BCUT2D eigenvalue weighted by molar-refractivity contribution is 0.180. The van der Waals surface area contributed by atoms with Crippen LogP contribution in [0.5, 0.6) is 5.75 Å². The molecule has 19 heavy (non-hydrogen) atoms. The fourth-order valence-corrected chi connectivity index (χ4v) is 2.90. The van der Waals surface area contributed by atoms with Crippen molar-refractivity contribution >= 4 is 0 Å². The lowest BCUT2D eigenvalue weighted by Crippen LogP contribution is -1.91. The van der Waals surface area contributed by atoms with E-state index in [4.69, 9.17) is 0 Å². The summed E-state index contributed by atoms with van der Waals surface area (Å²) in [5.74, 6) is 0.375. The van der Waals surface area contributed by atoms with E-state index in [-0.39, 0.29) is 6.10 Å². The predicted octanol–water partition coefficient (Wildman–Crippen LogP) is 3.66. The largest absolute Gasteiger partial charge is 0.507 e. The van der Waals surface area contributed by atoms with Gasteiger partial charge in [0.1, 0.15) is 5.75 Å². The number of hydrogen-bond donors (Lipinski definition) is 2. The Labute approximate surface area is 113 Å². The number of fused-ring (bicyclic) bond motifs is 1. The van der Waals surface area contributed by atoms with Crippen molar-refractivity contribution in [1.82, 2.24) is 0 Å². The minimum Gasteiger partial charge on any atom is -0.507 e. The molecule has 0 heterocycles. The zero-order valence-electron chi connectivity index (χ0n) is 11.3. The Morgan fingerprint density at radius 3 is 2.37 bits per heavy atom. The third-order valence-corrected chi connectivity index (χ3v) is 4.01. The number of rotatable bonds is 1. The minimum atomic E-state index is -0.299. The van der Waals surface area contributed by atoms with Crippen molar-refractivity contribution in [3.8, 4) is 16.9 Å². The second kappa shape index (κ2) is 4.39. The fourth-order valence-electron chi connectivity index (χ4n) is 2.90. The van der Waals surface area contributed by atoms with Crippen LogP contribution in [0.4, 0.5) is 0 Å². The van der Waals surface area contributed by atoms with Crippen LogP contribution in [0.3, 0.4) is 0 Å². The van der Waals surface area contributed by atoms with Crippen LogP contribution in [0.15, 0.2) is 30.3 Å². The molecule has 1 atom stereocenters. The number of phenols is 1. The summed E-state index contributed by atoms with van der Waals surface area (Å²) >= 11 is 0. The number of hydrogen-bond acceptors (Lipinski definition) is 2. The van der Waals surface area contributed by atoms with Gasteiger partial charge >= 0.3 is 0 Å². The topological polar surface area (TPSA) is 40.5 Å². The molecule has 0 saturated heterocycles. The number of benzene rings is 2. The van der Waals surface area contributed by atoms with E-state index in [0.717, 1.165) is 40.7 Å². The summed E-state index contributed by atoms with van der Waals surface area (Å²) in [5.41, 5.74) is 6.38. The van der Waals surface area contributed by atoms with Crippen LogP contribution in [0.2, 0.25) is 0 Å². The highest BCUT2D eigenvalue weighted by Crippen LogP contribution is 2.35. The first-order valence-electron chi connectivity index (χ1n) is 6.68. The summed E-state index contributed by atoms with van der Waals surface area (Å²) in [5, 5.41) is 19.7. The summed E-state index contributed by atoms with van der Waals surface area (Å²) in [6.45, 7) is 3.84. The van der Waals surface area contributed by atoms with E-state index >= 15 is 0 Å². The molecule has 0 bridgehead atoms. The zero-order valence-corrected chi connectivity index (χ0v) is 11.3. The van der Waals surface area contributed by atoms with Crippen LogP contribution in [-0.2, 0) is 6.42 Å². The van der Waals surface area contributed by atoms with Gasteiger partial charge in [0, 0.05) is 0 Å². The van der Waals surface area contributed by atoms with Crippen molar-refractivity contribution in [2.75, 3.05) is 0 Å². The van der Waals surface area contributed by atoms with Crippen LogP contribution in [0.25, 0.3) is 11.1 Å². The van der Waals surface area contributed by atoms with Gasteiger partial charge in [0.2, 0.25) is 0 Å². The van der Waals surface area contributed by atoms with Crippen molar-refractivity contribution in [3.63, 3.8) is 0 Å². The van der Waals surface area contributed by atoms with E-state index in [1.807, 2.05) is 32.0 Å². The smallest absolute Gasteiger partial charge is 0.121 e. The second-order valence-electron chi connectivity index (χ2n) is 5.43. The van der Waals surface area contributed by atoms with Gasteiger partial charge in [0.15, 0.2) is 0 Å². The molecule has 2 heteroatoms. The Hall–Kier alpha value is -1.80. The van der Waals surface area contributed by atoms with Crippen molar-refractivity contribution in [2.24, 2.45) is 0 Å². The maximum absolute atomic E-state index is 9.83. The molecule has 0 aliphatic heterocycles. The number of phenolic OH excluding ortho intramolecular Hbond substituents is 1. The normalized spacial score (nSPS) is 17.5. The molecule has 2 N–H and O–H groups in total. The third-order valence-electron chi connectivity index (χ3n) is 4.01. The summed E-state index contributed by atoms with van der Waals surface area (Å²) < 4.78 is 0. The van der Waals surface area contributed by atoms with Gasteiger partial charge < -0.3 is 10.2 Å². The molecule has 1 aliphatic carbocycles. The van der Waals surface area contributed by atoms with E-state index in [0.29, 0.717) is 5.75 Å². The summed E-state index contributed by atoms with van der Waals surface area (Å²) in [6.07, 6.45) is 1.47. The number of aromatic hydroxyl groups is 1. The molecule has 2 aromatic carbocycles. The summed E-state index contributed by atoms with van der Waals surface area (Å²) in [6, 6.07) is 10.3. The highest BCUT2D eigenvalue weighted by Gasteiger charge is 2.20. The molecule has 0 saturated carbocycles. The predicted molar refractivity (Wildman–Crippen MR) is 76.3 cm³/mol. The SMILES string of the molecule is Cc1cc(-c2ccc3c(c2)CCC3O)cc(C)c1O. The minimum absolute atomic E-state index is 0.299. The van der Waals surface area contributed by atoms with E-state index in [1.165, 1.54) is 5.56 Å². The lowest BCUT2D eigenvalue weighted by Gasteiger charge is -2.10. The number of aliphatic hydroxyl groups is 1. The maximum Gasteiger partial charge on any atom is 0.121 e. The van der Waals surface area contributed by atoms with Crippen LogP contribution >= 0.6 is 0 Å². The van der Waals surface area contributed by atoms with Crippen LogP contribution < -0.4 is 0 Å². The molecule has 0 fully saturated rings. The Balaban J connectivity index is 2.08. The monoisotopic (exact) mass is 254 g/mol. The summed E-state index contributed by atoms with van der Waals surface area (Å²) in [7, 11) is 0. The zero-order chi connectivity index (χ0) is 13.6. The van der Waals surface area contributed by atoms with Crippen molar-refractivity contribution < 1.29 is 10.2 Å². The average molecular weight is 254 g/mol. The van der Waals surface area contributed by atoms with E-state index in [9.17, 15) is 10.2 Å². The Morgan fingerprint density at radius 2 is 1.68 bits per heavy atom. The molecule has 0 amide bonds. The molecule has 98 valence electrons. The first-order chi connectivity index (χ1) is 9.06. The molecular formula is C17H18O2. The average Bonchev–Trinajstić information content (AvgIpc) is 2.76. The van der Waals surface area contributed by atoms with Gasteiger partial charge in [0.05, 0.1) is 6.10 Å². The van der Waals surface area contributed by atoms with Gasteiger partial charge in [-0.25, -0.2) is 0 Å². The lowest BCUT2D eigenvalue weighted by atomic mass is 9.97. The van der Waals surface area contributed by atoms with Gasteiger partial charge in [-0.1, -0.05) is 18.2 Å². The Bertz CT molecular complexity index is 621. The number of aliphatic hydroxyl groups excluding tert-OH is 1. The van der Waals surface area contributed by atoms with Crippen molar-refractivity contribution in [1.29, 1.82) is 0 Å². The maximum atomic E-state index is 9.83. The Morgan fingerprint density at radius 1 is 1.00 bits per heavy atom. The molecule has 0 aromatic heterocycles. The first kappa shape index (κ1) is 12.2. The second-order valence-corrected chi connectivity index (χ2v) is 5.43. The molecule has 3 rings (SSSR count). The van der Waals surface area contributed by atoms with Gasteiger partial charge in [-0.2, -0.15) is 0 Å². The van der Waals surface area contributed by atoms with E-state index in [2.05, 4.69) is 12.1 Å². The van der Waals surface area contributed by atoms with Gasteiger partial charge in [0.25, 0.3) is 0 Å². The van der Waals surface area contributed by atoms with Gasteiger partial charge in [-0.3, -0.25) is 0 Å². The molecular weight excluding hydrogens is 236 g/mol. The van der Waals surface area contributed by atoms with E-state index < -0.39 is 0 Å². The van der Waals surface area contributed by atoms with Crippen LogP contribution in [0, 0.1) is 13.8 Å². The van der Waals surface area contributed by atoms with Crippen molar-refractivity contribution in [2.45, 2.75) is 32.8 Å². The molecule has 0 spiro atoms.